The van der Waals surface area contributed by atoms with Crippen LogP contribution in [-0.4, -0.2) is 73.0 Å². The van der Waals surface area contributed by atoms with Crippen molar-refractivity contribution in [3.05, 3.63) is 35.9 Å². The van der Waals surface area contributed by atoms with Gasteiger partial charge in [0.1, 0.15) is 0 Å². The van der Waals surface area contributed by atoms with Gasteiger partial charge in [-0.3, -0.25) is 9.69 Å². The largest absolute Gasteiger partial charge is 0.336 e. The van der Waals surface area contributed by atoms with Gasteiger partial charge in [0.15, 0.2) is 0 Å². The van der Waals surface area contributed by atoms with Crippen LogP contribution < -0.4 is 0 Å². The maximum absolute atomic E-state index is 12.3. The van der Waals surface area contributed by atoms with Gasteiger partial charge in [-0.2, -0.15) is 0 Å². The van der Waals surface area contributed by atoms with Crippen LogP contribution in [0.5, 0.6) is 0 Å². The Bertz CT molecular complexity index is 436. The van der Waals surface area contributed by atoms with E-state index in [2.05, 4.69) is 9.80 Å². The summed E-state index contributed by atoms with van der Waals surface area (Å²) in [5.74, 6) is 0.174. The van der Waals surface area contributed by atoms with Gasteiger partial charge in [-0.05, 0) is 31.6 Å². The molecule has 2 aliphatic heterocycles. The van der Waals surface area contributed by atoms with Crippen molar-refractivity contribution < 1.29 is 4.79 Å². The van der Waals surface area contributed by atoms with Crippen LogP contribution in [0, 0.1) is 0 Å². The zero-order valence-corrected chi connectivity index (χ0v) is 12.0. The molecular formula is C16H23N3O. The lowest BCUT2D eigenvalue weighted by Crippen LogP contribution is -2.51. The second-order valence-corrected chi connectivity index (χ2v) is 5.70. The van der Waals surface area contributed by atoms with E-state index >= 15 is 0 Å². The molecule has 3 rings (SSSR count). The van der Waals surface area contributed by atoms with Gasteiger partial charge in [0.2, 0.25) is 0 Å². The monoisotopic (exact) mass is 273 g/mol. The lowest BCUT2D eigenvalue weighted by atomic mass is 10.2. The second kappa shape index (κ2) is 6.37. The van der Waals surface area contributed by atoms with Crippen LogP contribution in [0.15, 0.2) is 30.3 Å². The zero-order valence-electron chi connectivity index (χ0n) is 12.0. The van der Waals surface area contributed by atoms with Crippen LogP contribution >= 0.6 is 0 Å². The molecule has 2 aliphatic rings. The number of amides is 1. The van der Waals surface area contributed by atoms with Crippen molar-refractivity contribution in [1.82, 2.24) is 14.7 Å². The first kappa shape index (κ1) is 13.6. The van der Waals surface area contributed by atoms with E-state index in [0.717, 1.165) is 38.3 Å². The molecule has 20 heavy (non-hydrogen) atoms. The Hall–Kier alpha value is -1.39. The molecule has 0 unspecified atom stereocenters. The quantitative estimate of drug-likeness (QED) is 0.823. The van der Waals surface area contributed by atoms with E-state index in [-0.39, 0.29) is 5.91 Å². The molecule has 0 atom stereocenters. The Labute approximate surface area is 121 Å². The number of hydrogen-bond acceptors (Lipinski definition) is 3. The SMILES string of the molecule is O=C(c1ccccc1)N1CCN(CCN2CCC2)CC1. The van der Waals surface area contributed by atoms with E-state index < -0.39 is 0 Å². The first-order valence-electron chi connectivity index (χ1n) is 7.62. The van der Waals surface area contributed by atoms with Crippen LogP contribution in [0.2, 0.25) is 0 Å². The van der Waals surface area contributed by atoms with E-state index in [1.165, 1.54) is 26.1 Å². The third-order valence-electron chi connectivity index (χ3n) is 4.36. The summed E-state index contributed by atoms with van der Waals surface area (Å²) < 4.78 is 0. The van der Waals surface area contributed by atoms with Crippen LogP contribution in [-0.2, 0) is 0 Å². The number of benzene rings is 1. The molecule has 0 radical (unpaired) electrons. The number of rotatable bonds is 4. The average Bonchev–Trinajstić information content (AvgIpc) is 2.46. The lowest BCUT2D eigenvalue weighted by molar-refractivity contribution is 0.0607. The minimum Gasteiger partial charge on any atom is -0.336 e. The van der Waals surface area contributed by atoms with Crippen LogP contribution in [0.1, 0.15) is 16.8 Å². The molecule has 1 aromatic rings. The van der Waals surface area contributed by atoms with Gasteiger partial charge in [-0.15, -0.1) is 0 Å². The summed E-state index contributed by atoms with van der Waals surface area (Å²) in [4.78, 5) is 19.3. The molecular weight excluding hydrogens is 250 g/mol. The second-order valence-electron chi connectivity index (χ2n) is 5.70. The first-order chi connectivity index (χ1) is 9.83. The third kappa shape index (κ3) is 3.19. The molecule has 108 valence electrons. The Kier molecular flexibility index (Phi) is 4.33. The van der Waals surface area contributed by atoms with Gasteiger partial charge < -0.3 is 9.80 Å². The van der Waals surface area contributed by atoms with Crippen molar-refractivity contribution in [2.75, 3.05) is 52.4 Å². The summed E-state index contributed by atoms with van der Waals surface area (Å²) >= 11 is 0. The third-order valence-corrected chi connectivity index (χ3v) is 4.36. The minimum absolute atomic E-state index is 0.174. The number of carbonyl (C=O) groups is 1. The number of hydrogen-bond donors (Lipinski definition) is 0. The molecule has 0 spiro atoms. The standard InChI is InChI=1S/C16H23N3O/c20-16(15-5-2-1-3-6-15)19-13-11-18(12-14-19)10-9-17-7-4-8-17/h1-3,5-6H,4,7-14H2. The minimum atomic E-state index is 0.174. The summed E-state index contributed by atoms with van der Waals surface area (Å²) in [6.45, 7) is 8.60. The maximum Gasteiger partial charge on any atom is 0.253 e. The van der Waals surface area contributed by atoms with E-state index in [0.29, 0.717) is 0 Å². The Morgan fingerprint density at radius 2 is 1.45 bits per heavy atom. The molecule has 2 heterocycles. The fourth-order valence-corrected chi connectivity index (χ4v) is 2.83. The molecule has 4 heteroatoms. The highest BCUT2D eigenvalue weighted by Crippen LogP contribution is 2.10. The van der Waals surface area contributed by atoms with Crippen molar-refractivity contribution in [2.24, 2.45) is 0 Å². The van der Waals surface area contributed by atoms with Gasteiger partial charge in [-0.25, -0.2) is 0 Å². The topological polar surface area (TPSA) is 26.8 Å². The maximum atomic E-state index is 12.3. The van der Waals surface area contributed by atoms with Crippen molar-refractivity contribution >= 4 is 5.91 Å². The Morgan fingerprint density at radius 1 is 0.850 bits per heavy atom. The fourth-order valence-electron chi connectivity index (χ4n) is 2.83. The normalized spacial score (nSPS) is 20.7. The summed E-state index contributed by atoms with van der Waals surface area (Å²) in [7, 11) is 0. The van der Waals surface area contributed by atoms with Crippen LogP contribution in [0.4, 0.5) is 0 Å². The number of carbonyl (C=O) groups excluding carboxylic acids is 1. The van der Waals surface area contributed by atoms with Gasteiger partial charge in [-0.1, -0.05) is 18.2 Å². The summed E-state index contributed by atoms with van der Waals surface area (Å²) in [6, 6.07) is 9.61. The highest BCUT2D eigenvalue weighted by Gasteiger charge is 2.22. The molecule has 1 amide bonds. The molecule has 2 saturated heterocycles. The Balaban J connectivity index is 1.44. The summed E-state index contributed by atoms with van der Waals surface area (Å²) in [6.07, 6.45) is 1.36. The molecule has 0 saturated carbocycles. The molecule has 0 aromatic heterocycles. The lowest BCUT2D eigenvalue weighted by Gasteiger charge is -2.37. The van der Waals surface area contributed by atoms with Crippen molar-refractivity contribution in [3.8, 4) is 0 Å². The zero-order chi connectivity index (χ0) is 13.8. The number of piperazine rings is 1. The smallest absolute Gasteiger partial charge is 0.253 e. The molecule has 1 aromatic carbocycles. The molecule has 0 N–H and O–H groups in total. The van der Waals surface area contributed by atoms with Crippen LogP contribution in [0.25, 0.3) is 0 Å². The molecule has 0 aliphatic carbocycles. The van der Waals surface area contributed by atoms with E-state index in [1.807, 2.05) is 35.2 Å². The van der Waals surface area contributed by atoms with Gasteiger partial charge >= 0.3 is 0 Å². The summed E-state index contributed by atoms with van der Waals surface area (Å²) in [5, 5.41) is 0. The number of likely N-dealkylation sites (tertiary alicyclic amines) is 1. The van der Waals surface area contributed by atoms with Crippen molar-refractivity contribution in [1.29, 1.82) is 0 Å². The predicted octanol–water partition coefficient (Wildman–Crippen LogP) is 1.15. The first-order valence-corrected chi connectivity index (χ1v) is 7.62. The van der Waals surface area contributed by atoms with E-state index in [1.54, 1.807) is 0 Å². The predicted molar refractivity (Wildman–Crippen MR) is 79.8 cm³/mol. The van der Waals surface area contributed by atoms with E-state index in [9.17, 15) is 4.79 Å². The van der Waals surface area contributed by atoms with Gasteiger partial charge in [0, 0.05) is 44.8 Å². The highest BCUT2D eigenvalue weighted by molar-refractivity contribution is 5.94. The average molecular weight is 273 g/mol. The summed E-state index contributed by atoms with van der Waals surface area (Å²) in [5.41, 5.74) is 0.807. The molecule has 2 fully saturated rings. The highest BCUT2D eigenvalue weighted by atomic mass is 16.2. The van der Waals surface area contributed by atoms with Crippen LogP contribution in [0.3, 0.4) is 0 Å². The molecule has 0 bridgehead atoms. The van der Waals surface area contributed by atoms with Crippen molar-refractivity contribution in [2.45, 2.75) is 6.42 Å². The Morgan fingerprint density at radius 3 is 2.00 bits per heavy atom. The van der Waals surface area contributed by atoms with E-state index in [4.69, 9.17) is 0 Å². The fraction of sp³-hybridized carbons (Fsp3) is 0.562. The molecule has 4 nitrogen and oxygen atoms in total. The van der Waals surface area contributed by atoms with Gasteiger partial charge in [0.05, 0.1) is 0 Å². The van der Waals surface area contributed by atoms with Gasteiger partial charge in [0.25, 0.3) is 5.91 Å². The van der Waals surface area contributed by atoms with Crippen molar-refractivity contribution in [3.63, 3.8) is 0 Å². The number of nitrogens with zero attached hydrogens (tertiary/aromatic N) is 3.